The molecule has 0 aliphatic rings. The number of benzene rings is 2. The first-order chi connectivity index (χ1) is 9.08. The minimum Gasteiger partial charge on any atom is -0.497 e. The second kappa shape index (κ2) is 6.78. The van der Waals surface area contributed by atoms with Gasteiger partial charge >= 0.3 is 0 Å². The van der Waals surface area contributed by atoms with Crippen LogP contribution in [0.4, 0.5) is 0 Å². The van der Waals surface area contributed by atoms with Crippen LogP contribution in [0.1, 0.15) is 16.5 Å². The van der Waals surface area contributed by atoms with Crippen molar-refractivity contribution in [2.24, 2.45) is 0 Å². The van der Waals surface area contributed by atoms with Crippen molar-refractivity contribution < 1.29 is 4.74 Å². The van der Waals surface area contributed by atoms with Gasteiger partial charge in [0.15, 0.2) is 0 Å². The van der Waals surface area contributed by atoms with Crippen molar-refractivity contribution in [2.75, 3.05) is 7.11 Å². The summed E-state index contributed by atoms with van der Waals surface area (Å²) < 4.78 is 7.27. The van der Waals surface area contributed by atoms with E-state index >= 15 is 0 Å². The zero-order valence-corrected chi connectivity index (χ0v) is 14.3. The van der Waals surface area contributed by atoms with Crippen LogP contribution >= 0.6 is 43.5 Å². The number of hydrogen-bond donors (Lipinski definition) is 0. The van der Waals surface area contributed by atoms with E-state index in [0.29, 0.717) is 0 Å². The molecule has 1 unspecified atom stereocenters. The predicted octanol–water partition coefficient (Wildman–Crippen LogP) is 5.74. The summed E-state index contributed by atoms with van der Waals surface area (Å²) >= 11 is 13.5. The lowest BCUT2D eigenvalue weighted by Gasteiger charge is -2.12. The predicted molar refractivity (Wildman–Crippen MR) is 87.1 cm³/mol. The topological polar surface area (TPSA) is 9.23 Å². The number of hydrogen-bond acceptors (Lipinski definition) is 1. The molecule has 0 amide bonds. The number of alkyl halides is 1. The van der Waals surface area contributed by atoms with Crippen LogP contribution < -0.4 is 4.74 Å². The molecule has 2 aromatic rings. The highest BCUT2D eigenvalue weighted by Gasteiger charge is 2.11. The Morgan fingerprint density at radius 1 is 1.11 bits per heavy atom. The average molecular weight is 405 g/mol. The maximum Gasteiger partial charge on any atom is 0.119 e. The summed E-state index contributed by atoms with van der Waals surface area (Å²) in [6, 6.07) is 14.1. The Hall–Kier alpha value is -0.510. The first-order valence-electron chi connectivity index (χ1n) is 5.81. The Kier molecular flexibility index (Phi) is 5.31. The minimum atomic E-state index is -0.0686. The molecular formula is C15H13Br2ClO. The van der Waals surface area contributed by atoms with E-state index in [4.69, 9.17) is 16.3 Å². The Balaban J connectivity index is 2.17. The Labute approximate surface area is 135 Å². The van der Waals surface area contributed by atoms with Crippen LogP contribution in [0.2, 0.25) is 0 Å². The molecule has 0 heterocycles. The molecule has 0 radical (unpaired) electrons. The highest BCUT2D eigenvalue weighted by Crippen LogP contribution is 2.30. The third-order valence-corrected chi connectivity index (χ3v) is 4.12. The third-order valence-electron chi connectivity index (χ3n) is 2.80. The summed E-state index contributed by atoms with van der Waals surface area (Å²) in [6.45, 7) is 0. The molecule has 0 aromatic heterocycles. The molecule has 0 bridgehead atoms. The number of rotatable bonds is 4. The summed E-state index contributed by atoms with van der Waals surface area (Å²) in [4.78, 5) is 0. The van der Waals surface area contributed by atoms with Gasteiger partial charge in [-0.3, -0.25) is 0 Å². The van der Waals surface area contributed by atoms with Gasteiger partial charge in [0.2, 0.25) is 0 Å². The van der Waals surface area contributed by atoms with Crippen LogP contribution in [0.15, 0.2) is 51.4 Å². The van der Waals surface area contributed by atoms with Crippen LogP contribution in [-0.4, -0.2) is 7.11 Å². The fourth-order valence-electron chi connectivity index (χ4n) is 1.88. The maximum absolute atomic E-state index is 6.50. The average Bonchev–Trinajstić information content (AvgIpc) is 2.37. The van der Waals surface area contributed by atoms with E-state index in [0.717, 1.165) is 32.2 Å². The van der Waals surface area contributed by atoms with Gasteiger partial charge in [-0.05, 0) is 47.9 Å². The van der Waals surface area contributed by atoms with Crippen molar-refractivity contribution >= 4 is 43.5 Å². The zero-order valence-electron chi connectivity index (χ0n) is 10.4. The molecular weight excluding hydrogens is 391 g/mol. The molecule has 0 saturated carbocycles. The SMILES string of the molecule is COc1cccc(CC(Cl)c2cc(Br)cc(Br)c2)c1. The quantitative estimate of drug-likeness (QED) is 0.590. The van der Waals surface area contributed by atoms with Crippen molar-refractivity contribution in [3.8, 4) is 5.75 Å². The van der Waals surface area contributed by atoms with E-state index in [-0.39, 0.29) is 5.38 Å². The van der Waals surface area contributed by atoms with Crippen molar-refractivity contribution in [1.29, 1.82) is 0 Å². The fourth-order valence-corrected chi connectivity index (χ4v) is 3.51. The van der Waals surface area contributed by atoms with E-state index in [2.05, 4.69) is 37.9 Å². The van der Waals surface area contributed by atoms with Crippen LogP contribution in [0.5, 0.6) is 5.75 Å². The van der Waals surface area contributed by atoms with Gasteiger partial charge < -0.3 is 4.74 Å². The largest absolute Gasteiger partial charge is 0.497 e. The summed E-state index contributed by atoms with van der Waals surface area (Å²) in [5.41, 5.74) is 2.25. The third kappa shape index (κ3) is 4.23. The van der Waals surface area contributed by atoms with E-state index in [9.17, 15) is 0 Å². The Morgan fingerprint density at radius 3 is 2.42 bits per heavy atom. The first kappa shape index (κ1) is 14.9. The molecule has 2 rings (SSSR count). The first-order valence-corrected chi connectivity index (χ1v) is 7.83. The lowest BCUT2D eigenvalue weighted by molar-refractivity contribution is 0.414. The minimum absolute atomic E-state index is 0.0686. The standard InChI is InChI=1S/C15H13Br2ClO/c1-19-14-4-2-3-10(5-14)6-15(18)11-7-12(16)9-13(17)8-11/h2-5,7-9,15H,6H2,1H3. The number of ether oxygens (including phenoxy) is 1. The second-order valence-corrected chi connectivity index (χ2v) is 6.58. The van der Waals surface area contributed by atoms with Crippen LogP contribution in [0.25, 0.3) is 0 Å². The molecule has 100 valence electrons. The highest BCUT2D eigenvalue weighted by atomic mass is 79.9. The number of halogens is 3. The van der Waals surface area contributed by atoms with Crippen molar-refractivity contribution in [3.63, 3.8) is 0 Å². The maximum atomic E-state index is 6.50. The monoisotopic (exact) mass is 402 g/mol. The molecule has 2 aromatic carbocycles. The van der Waals surface area contributed by atoms with Gasteiger partial charge in [-0.15, -0.1) is 11.6 Å². The molecule has 0 aliphatic heterocycles. The van der Waals surface area contributed by atoms with E-state index in [1.807, 2.05) is 36.4 Å². The van der Waals surface area contributed by atoms with Crippen molar-refractivity contribution in [2.45, 2.75) is 11.8 Å². The fraction of sp³-hybridized carbons (Fsp3) is 0.200. The molecule has 1 atom stereocenters. The molecule has 0 saturated heterocycles. The van der Waals surface area contributed by atoms with Crippen LogP contribution in [0.3, 0.4) is 0 Å². The Bertz CT molecular complexity index is 552. The molecule has 1 nitrogen and oxygen atoms in total. The van der Waals surface area contributed by atoms with Crippen LogP contribution in [-0.2, 0) is 6.42 Å². The van der Waals surface area contributed by atoms with Crippen LogP contribution in [0, 0.1) is 0 Å². The second-order valence-electron chi connectivity index (χ2n) is 4.23. The summed E-state index contributed by atoms with van der Waals surface area (Å²) in [7, 11) is 1.67. The zero-order chi connectivity index (χ0) is 13.8. The lowest BCUT2D eigenvalue weighted by atomic mass is 10.0. The van der Waals surface area contributed by atoms with Gasteiger partial charge in [-0.25, -0.2) is 0 Å². The van der Waals surface area contributed by atoms with E-state index in [1.54, 1.807) is 7.11 Å². The molecule has 4 heteroatoms. The van der Waals surface area contributed by atoms with Gasteiger partial charge in [0.05, 0.1) is 12.5 Å². The normalized spacial score (nSPS) is 12.2. The van der Waals surface area contributed by atoms with Gasteiger partial charge in [-0.1, -0.05) is 44.0 Å². The smallest absolute Gasteiger partial charge is 0.119 e. The van der Waals surface area contributed by atoms with Gasteiger partial charge in [0.1, 0.15) is 5.75 Å². The summed E-state index contributed by atoms with van der Waals surface area (Å²) in [5.74, 6) is 0.858. The summed E-state index contributed by atoms with van der Waals surface area (Å²) in [6.07, 6.45) is 0.766. The van der Waals surface area contributed by atoms with Crippen molar-refractivity contribution in [3.05, 3.63) is 62.5 Å². The van der Waals surface area contributed by atoms with Gasteiger partial charge in [0.25, 0.3) is 0 Å². The van der Waals surface area contributed by atoms with E-state index < -0.39 is 0 Å². The van der Waals surface area contributed by atoms with Gasteiger partial charge in [-0.2, -0.15) is 0 Å². The highest BCUT2D eigenvalue weighted by molar-refractivity contribution is 9.11. The van der Waals surface area contributed by atoms with Crippen molar-refractivity contribution in [1.82, 2.24) is 0 Å². The Morgan fingerprint density at radius 2 is 1.79 bits per heavy atom. The van der Waals surface area contributed by atoms with E-state index in [1.165, 1.54) is 0 Å². The summed E-state index contributed by atoms with van der Waals surface area (Å²) in [5, 5.41) is -0.0686. The van der Waals surface area contributed by atoms with Gasteiger partial charge in [0, 0.05) is 8.95 Å². The molecule has 0 spiro atoms. The number of methoxy groups -OCH3 is 1. The molecule has 0 aliphatic carbocycles. The molecule has 0 N–H and O–H groups in total. The lowest BCUT2D eigenvalue weighted by Crippen LogP contribution is -1.97. The molecule has 0 fully saturated rings. The molecule has 19 heavy (non-hydrogen) atoms.